The summed E-state index contributed by atoms with van der Waals surface area (Å²) in [5.41, 5.74) is 1.03. The summed E-state index contributed by atoms with van der Waals surface area (Å²) >= 11 is 0. The van der Waals surface area contributed by atoms with Gasteiger partial charge in [0, 0.05) is 31.4 Å². The molecular formula is C15H18F3N3O2. The van der Waals surface area contributed by atoms with E-state index in [1.54, 1.807) is 24.3 Å². The lowest BCUT2D eigenvalue weighted by Crippen LogP contribution is -2.46. The van der Waals surface area contributed by atoms with E-state index in [2.05, 4.69) is 10.6 Å². The Hall–Kier alpha value is -2.25. The summed E-state index contributed by atoms with van der Waals surface area (Å²) in [6, 6.07) is 5.81. The van der Waals surface area contributed by atoms with Crippen molar-refractivity contribution >= 4 is 23.3 Å². The number of nitrogens with one attached hydrogen (secondary N) is 2. The molecule has 1 atom stereocenters. The summed E-state index contributed by atoms with van der Waals surface area (Å²) < 4.78 is 38.3. The van der Waals surface area contributed by atoms with Crippen LogP contribution in [0.3, 0.4) is 0 Å². The Morgan fingerprint density at radius 3 is 2.22 bits per heavy atom. The van der Waals surface area contributed by atoms with Gasteiger partial charge in [0.05, 0.1) is 5.92 Å². The second-order valence-electron chi connectivity index (χ2n) is 5.52. The van der Waals surface area contributed by atoms with Gasteiger partial charge in [-0.3, -0.25) is 4.79 Å². The van der Waals surface area contributed by atoms with Gasteiger partial charge in [0.25, 0.3) is 0 Å². The van der Waals surface area contributed by atoms with Gasteiger partial charge in [-0.1, -0.05) is 0 Å². The van der Waals surface area contributed by atoms with Gasteiger partial charge in [-0.25, -0.2) is 4.79 Å². The number of rotatable bonds is 2. The first kappa shape index (κ1) is 17.1. The molecule has 0 spiro atoms. The van der Waals surface area contributed by atoms with Gasteiger partial charge in [-0.05, 0) is 37.1 Å². The topological polar surface area (TPSA) is 61.4 Å². The van der Waals surface area contributed by atoms with E-state index in [1.165, 1.54) is 11.8 Å². The standard InChI is InChI=1S/C15H18F3N3O2/c1-10(22)19-12-4-6-13(7-5-12)20-14(23)21-8-2-3-11(9-21)15(16,17)18/h4-7,11H,2-3,8-9H2,1H3,(H,19,22)(H,20,23)/t11-/m1/s1. The second kappa shape index (κ2) is 6.89. The monoisotopic (exact) mass is 329 g/mol. The lowest BCUT2D eigenvalue weighted by Gasteiger charge is -2.33. The highest BCUT2D eigenvalue weighted by molar-refractivity contribution is 5.91. The summed E-state index contributed by atoms with van der Waals surface area (Å²) in [6.45, 7) is 1.37. The fourth-order valence-corrected chi connectivity index (χ4v) is 2.47. The number of urea groups is 1. The average molecular weight is 329 g/mol. The number of anilines is 2. The number of likely N-dealkylation sites (tertiary alicyclic amines) is 1. The molecule has 2 N–H and O–H groups in total. The van der Waals surface area contributed by atoms with E-state index < -0.39 is 18.1 Å². The highest BCUT2D eigenvalue weighted by Gasteiger charge is 2.42. The zero-order valence-electron chi connectivity index (χ0n) is 12.6. The Morgan fingerprint density at radius 2 is 1.70 bits per heavy atom. The SMILES string of the molecule is CC(=O)Nc1ccc(NC(=O)N2CCC[C@@H](C(F)(F)F)C2)cc1. The van der Waals surface area contributed by atoms with Crippen LogP contribution in [0.2, 0.25) is 0 Å². The molecule has 1 fully saturated rings. The van der Waals surface area contributed by atoms with Crippen LogP contribution in [0.5, 0.6) is 0 Å². The summed E-state index contributed by atoms with van der Waals surface area (Å²) in [5, 5.41) is 5.16. The van der Waals surface area contributed by atoms with E-state index in [-0.39, 0.29) is 18.9 Å². The number of amides is 3. The lowest BCUT2D eigenvalue weighted by atomic mass is 9.98. The lowest BCUT2D eigenvalue weighted by molar-refractivity contribution is -0.183. The van der Waals surface area contributed by atoms with Crippen LogP contribution in [0, 0.1) is 5.92 Å². The van der Waals surface area contributed by atoms with Crippen LogP contribution in [-0.4, -0.2) is 36.1 Å². The number of carbonyl (C=O) groups is 2. The molecule has 0 bridgehead atoms. The number of carbonyl (C=O) groups excluding carboxylic acids is 2. The summed E-state index contributed by atoms with van der Waals surface area (Å²) in [6.07, 6.45) is -3.89. The summed E-state index contributed by atoms with van der Waals surface area (Å²) in [7, 11) is 0. The maximum atomic E-state index is 12.8. The van der Waals surface area contributed by atoms with Crippen molar-refractivity contribution in [1.82, 2.24) is 4.90 Å². The van der Waals surface area contributed by atoms with Crippen molar-refractivity contribution in [3.8, 4) is 0 Å². The minimum absolute atomic E-state index is 0.0543. The molecule has 1 heterocycles. The fraction of sp³-hybridized carbons (Fsp3) is 0.467. The third-order valence-corrected chi connectivity index (χ3v) is 3.63. The first-order valence-electron chi connectivity index (χ1n) is 7.26. The van der Waals surface area contributed by atoms with Crippen LogP contribution < -0.4 is 10.6 Å². The van der Waals surface area contributed by atoms with E-state index in [9.17, 15) is 22.8 Å². The smallest absolute Gasteiger partial charge is 0.326 e. The zero-order chi connectivity index (χ0) is 17.0. The van der Waals surface area contributed by atoms with E-state index in [0.717, 1.165) is 0 Å². The van der Waals surface area contributed by atoms with E-state index in [0.29, 0.717) is 24.3 Å². The molecule has 0 saturated carbocycles. The molecule has 0 unspecified atom stereocenters. The van der Waals surface area contributed by atoms with Crippen LogP contribution in [-0.2, 0) is 4.79 Å². The molecule has 23 heavy (non-hydrogen) atoms. The highest BCUT2D eigenvalue weighted by atomic mass is 19.4. The average Bonchev–Trinajstić information content (AvgIpc) is 2.48. The predicted molar refractivity (Wildman–Crippen MR) is 80.1 cm³/mol. The molecule has 8 heteroatoms. The molecule has 1 aromatic rings. The molecule has 1 aliphatic heterocycles. The first-order valence-corrected chi connectivity index (χ1v) is 7.26. The van der Waals surface area contributed by atoms with Crippen LogP contribution in [0.1, 0.15) is 19.8 Å². The molecule has 0 radical (unpaired) electrons. The maximum Gasteiger partial charge on any atom is 0.393 e. The molecule has 5 nitrogen and oxygen atoms in total. The molecule has 3 amide bonds. The van der Waals surface area contributed by atoms with Gasteiger partial charge in [0.15, 0.2) is 0 Å². The van der Waals surface area contributed by atoms with Gasteiger partial charge in [-0.15, -0.1) is 0 Å². The van der Waals surface area contributed by atoms with Crippen molar-refractivity contribution in [3.05, 3.63) is 24.3 Å². The molecule has 1 aliphatic rings. The molecule has 1 aromatic carbocycles. The van der Waals surface area contributed by atoms with Gasteiger partial charge >= 0.3 is 12.2 Å². The minimum atomic E-state index is -4.28. The summed E-state index contributed by atoms with van der Waals surface area (Å²) in [5.74, 6) is -1.68. The molecule has 0 aliphatic carbocycles. The van der Waals surface area contributed by atoms with Gasteiger partial charge in [0.2, 0.25) is 5.91 Å². The van der Waals surface area contributed by atoms with Crippen molar-refractivity contribution in [2.45, 2.75) is 25.9 Å². The number of alkyl halides is 3. The number of piperidine rings is 1. The molecule has 126 valence electrons. The molecule has 0 aromatic heterocycles. The Kier molecular flexibility index (Phi) is 5.12. The minimum Gasteiger partial charge on any atom is -0.326 e. The normalized spacial score (nSPS) is 18.4. The van der Waals surface area contributed by atoms with Gasteiger partial charge in [-0.2, -0.15) is 13.2 Å². The zero-order valence-corrected chi connectivity index (χ0v) is 12.6. The number of nitrogens with zero attached hydrogens (tertiary/aromatic N) is 1. The predicted octanol–water partition coefficient (Wildman–Crippen LogP) is 3.45. The number of halogens is 3. The number of hydrogen-bond donors (Lipinski definition) is 2. The van der Waals surface area contributed by atoms with Crippen molar-refractivity contribution in [1.29, 1.82) is 0 Å². The Morgan fingerprint density at radius 1 is 1.13 bits per heavy atom. The summed E-state index contributed by atoms with van der Waals surface area (Å²) in [4.78, 5) is 24.2. The third-order valence-electron chi connectivity index (χ3n) is 3.63. The van der Waals surface area contributed by atoms with Crippen molar-refractivity contribution in [2.75, 3.05) is 23.7 Å². The van der Waals surface area contributed by atoms with E-state index in [1.807, 2.05) is 0 Å². The Bertz CT molecular complexity index is 572. The quantitative estimate of drug-likeness (QED) is 0.873. The Labute approximate surface area is 131 Å². The Balaban J connectivity index is 1.94. The highest BCUT2D eigenvalue weighted by Crippen LogP contribution is 2.33. The molecular weight excluding hydrogens is 311 g/mol. The largest absolute Gasteiger partial charge is 0.393 e. The van der Waals surface area contributed by atoms with Crippen molar-refractivity contribution < 1.29 is 22.8 Å². The van der Waals surface area contributed by atoms with Crippen LogP contribution in [0.4, 0.5) is 29.3 Å². The fourth-order valence-electron chi connectivity index (χ4n) is 2.47. The van der Waals surface area contributed by atoms with Gasteiger partial charge < -0.3 is 15.5 Å². The van der Waals surface area contributed by atoms with Gasteiger partial charge in [0.1, 0.15) is 0 Å². The van der Waals surface area contributed by atoms with E-state index >= 15 is 0 Å². The number of hydrogen-bond acceptors (Lipinski definition) is 2. The molecule has 2 rings (SSSR count). The van der Waals surface area contributed by atoms with Crippen LogP contribution >= 0.6 is 0 Å². The van der Waals surface area contributed by atoms with Crippen LogP contribution in [0.15, 0.2) is 24.3 Å². The maximum absolute atomic E-state index is 12.8. The molecule has 1 saturated heterocycles. The van der Waals surface area contributed by atoms with E-state index in [4.69, 9.17) is 0 Å². The van der Waals surface area contributed by atoms with Crippen molar-refractivity contribution in [2.24, 2.45) is 5.92 Å². The number of benzene rings is 1. The first-order chi connectivity index (χ1) is 10.8. The van der Waals surface area contributed by atoms with Crippen LogP contribution in [0.25, 0.3) is 0 Å². The second-order valence-corrected chi connectivity index (χ2v) is 5.52. The van der Waals surface area contributed by atoms with Crippen molar-refractivity contribution in [3.63, 3.8) is 0 Å². The third kappa shape index (κ3) is 4.87.